The van der Waals surface area contributed by atoms with Crippen LogP contribution in [0, 0.1) is 0 Å². The van der Waals surface area contributed by atoms with Crippen LogP contribution in [-0.4, -0.2) is 55.6 Å². The Bertz CT molecular complexity index is 174. The number of aliphatic hydroxyl groups excluding tert-OH is 1. The molecule has 1 amide bonds. The van der Waals surface area contributed by atoms with E-state index in [2.05, 4.69) is 4.74 Å². The summed E-state index contributed by atoms with van der Waals surface area (Å²) in [5.41, 5.74) is 0. The Hall–Kier alpha value is -0.810. The van der Waals surface area contributed by atoms with E-state index in [1.807, 2.05) is 0 Å². The maximum absolute atomic E-state index is 11.0. The Kier molecular flexibility index (Phi) is 3.98. The molecule has 1 N–H and O–H groups in total. The topological polar surface area (TPSA) is 59.0 Å². The van der Waals surface area contributed by atoms with Gasteiger partial charge in [0.15, 0.2) is 0 Å². The van der Waals surface area contributed by atoms with Crippen molar-refractivity contribution in [1.29, 1.82) is 0 Å². The third-order valence-electron chi connectivity index (χ3n) is 2.02. The molecule has 0 saturated carbocycles. The fourth-order valence-electron chi connectivity index (χ4n) is 1.38. The van der Waals surface area contributed by atoms with Crippen LogP contribution in [0.3, 0.4) is 0 Å². The van der Waals surface area contributed by atoms with Gasteiger partial charge in [0.05, 0.1) is 33.0 Å². The fraction of sp³-hybridized carbons (Fsp3) is 0.875. The van der Waals surface area contributed by atoms with Gasteiger partial charge in [-0.05, 0) is 6.42 Å². The molecule has 0 aromatic carbocycles. The van der Waals surface area contributed by atoms with Gasteiger partial charge in [-0.15, -0.1) is 0 Å². The smallest absolute Gasteiger partial charge is 0.409 e. The highest BCUT2D eigenvalue weighted by Gasteiger charge is 2.26. The highest BCUT2D eigenvalue weighted by Crippen LogP contribution is 2.12. The third kappa shape index (κ3) is 2.86. The Morgan fingerprint density at radius 3 is 3.08 bits per heavy atom. The van der Waals surface area contributed by atoms with Gasteiger partial charge >= 0.3 is 6.09 Å². The minimum Gasteiger partial charge on any atom is -0.453 e. The maximum atomic E-state index is 11.0. The van der Waals surface area contributed by atoms with Crippen molar-refractivity contribution in [2.75, 3.05) is 33.4 Å². The molecule has 1 saturated heterocycles. The molecular weight excluding hydrogens is 174 g/mol. The van der Waals surface area contributed by atoms with Crippen LogP contribution < -0.4 is 0 Å². The minimum absolute atomic E-state index is 0.0225. The Morgan fingerprint density at radius 2 is 2.46 bits per heavy atom. The van der Waals surface area contributed by atoms with Crippen LogP contribution in [0.5, 0.6) is 0 Å². The summed E-state index contributed by atoms with van der Waals surface area (Å²) in [6.07, 6.45) is 0.552. The number of aliphatic hydroxyl groups is 1. The third-order valence-corrected chi connectivity index (χ3v) is 2.02. The number of hydrogen-bond donors (Lipinski definition) is 1. The second-order valence-electron chi connectivity index (χ2n) is 2.92. The van der Waals surface area contributed by atoms with Crippen molar-refractivity contribution >= 4 is 6.09 Å². The molecule has 0 spiro atoms. The van der Waals surface area contributed by atoms with Crippen LogP contribution in [0.1, 0.15) is 6.42 Å². The van der Waals surface area contributed by atoms with Gasteiger partial charge in [0.1, 0.15) is 0 Å². The monoisotopic (exact) mass is 189 g/mol. The number of hydrogen-bond acceptors (Lipinski definition) is 4. The average Bonchev–Trinajstić information content (AvgIpc) is 2.62. The molecule has 1 fully saturated rings. The number of nitrogens with zero attached hydrogens (tertiary/aromatic N) is 1. The van der Waals surface area contributed by atoms with E-state index < -0.39 is 0 Å². The van der Waals surface area contributed by atoms with Gasteiger partial charge in [0.25, 0.3) is 0 Å². The Balaban J connectivity index is 2.23. The first-order valence-corrected chi connectivity index (χ1v) is 4.33. The number of carbonyl (C=O) groups excluding carboxylic acids is 1. The molecule has 13 heavy (non-hydrogen) atoms. The van der Waals surface area contributed by atoms with Crippen molar-refractivity contribution in [2.45, 2.75) is 12.5 Å². The summed E-state index contributed by atoms with van der Waals surface area (Å²) in [4.78, 5) is 12.6. The Labute approximate surface area is 77.2 Å². The average molecular weight is 189 g/mol. The number of likely N-dealkylation sites (tertiary alicyclic amines) is 1. The maximum Gasteiger partial charge on any atom is 0.409 e. The second kappa shape index (κ2) is 5.04. The lowest BCUT2D eigenvalue weighted by Crippen LogP contribution is -2.30. The van der Waals surface area contributed by atoms with Crippen LogP contribution in [0.25, 0.3) is 0 Å². The summed E-state index contributed by atoms with van der Waals surface area (Å²) in [6, 6.07) is 0. The molecule has 1 unspecified atom stereocenters. The lowest BCUT2D eigenvalue weighted by atomic mass is 10.3. The quantitative estimate of drug-likeness (QED) is 0.670. The van der Waals surface area contributed by atoms with Gasteiger partial charge in [0.2, 0.25) is 0 Å². The molecule has 1 aliphatic rings. The molecule has 1 aliphatic heterocycles. The summed E-state index contributed by atoms with van der Waals surface area (Å²) in [5.74, 6) is 0. The zero-order valence-electron chi connectivity index (χ0n) is 7.73. The first-order chi connectivity index (χ1) is 6.27. The number of rotatable bonds is 3. The van der Waals surface area contributed by atoms with Crippen molar-refractivity contribution in [3.05, 3.63) is 0 Å². The molecule has 0 aromatic rings. The Morgan fingerprint density at radius 1 is 1.69 bits per heavy atom. The summed E-state index contributed by atoms with van der Waals surface area (Å²) in [5, 5.41) is 8.52. The SMILES string of the molecule is COC(=O)N1CCC(OCCO)C1. The zero-order chi connectivity index (χ0) is 9.68. The van der Waals surface area contributed by atoms with Crippen LogP contribution in [0.4, 0.5) is 4.79 Å². The molecular formula is C8H15NO4. The van der Waals surface area contributed by atoms with Crippen molar-refractivity contribution < 1.29 is 19.4 Å². The summed E-state index contributed by atoms with van der Waals surface area (Å²) >= 11 is 0. The highest BCUT2D eigenvalue weighted by atomic mass is 16.5. The molecule has 1 rings (SSSR count). The molecule has 0 aromatic heterocycles. The van der Waals surface area contributed by atoms with Gasteiger partial charge in [0, 0.05) is 6.54 Å². The lowest BCUT2D eigenvalue weighted by molar-refractivity contribution is 0.0336. The van der Waals surface area contributed by atoms with Crippen molar-refractivity contribution in [3.63, 3.8) is 0 Å². The van der Waals surface area contributed by atoms with Crippen LogP contribution in [0.15, 0.2) is 0 Å². The molecule has 0 bridgehead atoms. The van der Waals surface area contributed by atoms with E-state index in [1.54, 1.807) is 4.90 Å². The fourth-order valence-corrected chi connectivity index (χ4v) is 1.38. The number of carbonyl (C=O) groups is 1. The molecule has 0 aliphatic carbocycles. The molecule has 1 heterocycles. The van der Waals surface area contributed by atoms with Crippen molar-refractivity contribution in [2.24, 2.45) is 0 Å². The van der Waals surface area contributed by atoms with E-state index in [1.165, 1.54) is 7.11 Å². The molecule has 1 atom stereocenters. The van der Waals surface area contributed by atoms with Gasteiger partial charge in [-0.25, -0.2) is 4.79 Å². The summed E-state index contributed by atoms with van der Waals surface area (Å²) in [6.45, 7) is 1.59. The van der Waals surface area contributed by atoms with E-state index in [4.69, 9.17) is 9.84 Å². The second-order valence-corrected chi connectivity index (χ2v) is 2.92. The van der Waals surface area contributed by atoms with Gasteiger partial charge in [-0.2, -0.15) is 0 Å². The van der Waals surface area contributed by atoms with Crippen LogP contribution in [0.2, 0.25) is 0 Å². The first-order valence-electron chi connectivity index (χ1n) is 4.33. The van der Waals surface area contributed by atoms with E-state index in [9.17, 15) is 4.79 Å². The predicted molar refractivity (Wildman–Crippen MR) is 45.4 cm³/mol. The van der Waals surface area contributed by atoms with E-state index in [0.717, 1.165) is 6.42 Å². The van der Waals surface area contributed by atoms with E-state index in [0.29, 0.717) is 19.7 Å². The van der Waals surface area contributed by atoms with E-state index in [-0.39, 0.29) is 18.8 Å². The summed E-state index contributed by atoms with van der Waals surface area (Å²) < 4.78 is 9.85. The van der Waals surface area contributed by atoms with Gasteiger partial charge in [-0.3, -0.25) is 0 Å². The molecule has 5 nitrogen and oxygen atoms in total. The lowest BCUT2D eigenvalue weighted by Gasteiger charge is -2.14. The van der Waals surface area contributed by atoms with Gasteiger partial charge in [-0.1, -0.05) is 0 Å². The van der Waals surface area contributed by atoms with Crippen molar-refractivity contribution in [3.8, 4) is 0 Å². The number of methoxy groups -OCH3 is 1. The molecule has 0 radical (unpaired) electrons. The number of ether oxygens (including phenoxy) is 2. The summed E-state index contributed by atoms with van der Waals surface area (Å²) in [7, 11) is 1.37. The largest absolute Gasteiger partial charge is 0.453 e. The molecule has 5 heteroatoms. The standard InChI is InChI=1S/C8H15NO4/c1-12-8(11)9-3-2-7(6-9)13-5-4-10/h7,10H,2-6H2,1H3. The highest BCUT2D eigenvalue weighted by molar-refractivity contribution is 5.67. The van der Waals surface area contributed by atoms with Crippen molar-refractivity contribution in [1.82, 2.24) is 4.90 Å². The minimum atomic E-state index is -0.310. The first kappa shape index (κ1) is 10.3. The zero-order valence-corrected chi connectivity index (χ0v) is 7.73. The van der Waals surface area contributed by atoms with Crippen LogP contribution >= 0.6 is 0 Å². The predicted octanol–water partition coefficient (Wildman–Crippen LogP) is -0.164. The van der Waals surface area contributed by atoms with Gasteiger partial charge < -0.3 is 19.5 Å². The number of amides is 1. The van der Waals surface area contributed by atoms with E-state index >= 15 is 0 Å². The normalized spacial score (nSPS) is 22.0. The van der Waals surface area contributed by atoms with Crippen LogP contribution in [-0.2, 0) is 9.47 Å². The molecule has 76 valence electrons.